The van der Waals surface area contributed by atoms with Crippen molar-refractivity contribution in [2.45, 2.75) is 12.4 Å². The number of hydrogen-bond acceptors (Lipinski definition) is 1. The van der Waals surface area contributed by atoms with Crippen LogP contribution in [0.5, 0.6) is 0 Å². The molecule has 0 bridgehead atoms. The van der Waals surface area contributed by atoms with Gasteiger partial charge in [0.25, 0.3) is 0 Å². The van der Waals surface area contributed by atoms with Crippen molar-refractivity contribution in [1.29, 1.82) is 0 Å². The fourth-order valence-electron chi connectivity index (χ4n) is 1.86. The summed E-state index contributed by atoms with van der Waals surface area (Å²) in [5.74, 6) is 0.523. The van der Waals surface area contributed by atoms with Gasteiger partial charge in [0.15, 0.2) is 0 Å². The summed E-state index contributed by atoms with van der Waals surface area (Å²) in [5, 5.41) is 0. The standard InChI is InChI=1S/C15H14Br2ClN/c1-19(10-12-4-2-3-5-14(12)16)13-7-6-11(9-18)15(17)8-13/h2-8H,9-10H2,1H3. The van der Waals surface area contributed by atoms with Gasteiger partial charge in [-0.15, -0.1) is 11.6 Å². The molecule has 2 rings (SSSR count). The Hall–Kier alpha value is -0.510. The summed E-state index contributed by atoms with van der Waals surface area (Å²) in [6.45, 7) is 0.855. The van der Waals surface area contributed by atoms with Crippen LogP contribution < -0.4 is 4.90 Å². The molecule has 0 atom stereocenters. The lowest BCUT2D eigenvalue weighted by molar-refractivity contribution is 0.917. The van der Waals surface area contributed by atoms with Crippen LogP contribution in [0.25, 0.3) is 0 Å². The van der Waals surface area contributed by atoms with Crippen molar-refractivity contribution in [2.24, 2.45) is 0 Å². The Labute approximate surface area is 135 Å². The highest BCUT2D eigenvalue weighted by atomic mass is 79.9. The van der Waals surface area contributed by atoms with E-state index in [-0.39, 0.29) is 0 Å². The topological polar surface area (TPSA) is 3.24 Å². The molecule has 2 aromatic carbocycles. The normalized spacial score (nSPS) is 10.5. The zero-order chi connectivity index (χ0) is 13.8. The molecule has 0 aromatic heterocycles. The lowest BCUT2D eigenvalue weighted by Gasteiger charge is -2.21. The Morgan fingerprint density at radius 2 is 1.74 bits per heavy atom. The van der Waals surface area contributed by atoms with Gasteiger partial charge in [0.2, 0.25) is 0 Å². The van der Waals surface area contributed by atoms with E-state index in [0.717, 1.165) is 26.7 Å². The first-order chi connectivity index (χ1) is 9.11. The lowest BCUT2D eigenvalue weighted by Crippen LogP contribution is -2.16. The number of anilines is 1. The highest BCUT2D eigenvalue weighted by Gasteiger charge is 2.07. The second-order valence-electron chi connectivity index (χ2n) is 4.36. The van der Waals surface area contributed by atoms with Crippen molar-refractivity contribution in [2.75, 3.05) is 11.9 Å². The van der Waals surface area contributed by atoms with Gasteiger partial charge in [0.1, 0.15) is 0 Å². The molecule has 0 spiro atoms. The van der Waals surface area contributed by atoms with Crippen molar-refractivity contribution >= 4 is 49.1 Å². The summed E-state index contributed by atoms with van der Waals surface area (Å²) in [7, 11) is 2.08. The molecule has 0 N–H and O–H groups in total. The number of halogens is 3. The SMILES string of the molecule is CN(Cc1ccccc1Br)c1ccc(CCl)c(Br)c1. The van der Waals surface area contributed by atoms with Gasteiger partial charge >= 0.3 is 0 Å². The molecule has 0 aliphatic rings. The average Bonchev–Trinajstić information content (AvgIpc) is 2.41. The van der Waals surface area contributed by atoms with E-state index in [2.05, 4.69) is 80.2 Å². The molecule has 0 saturated carbocycles. The van der Waals surface area contributed by atoms with Crippen LogP contribution in [-0.4, -0.2) is 7.05 Å². The molecule has 0 aliphatic carbocycles. The van der Waals surface area contributed by atoms with E-state index >= 15 is 0 Å². The Balaban J connectivity index is 2.18. The van der Waals surface area contributed by atoms with Crippen LogP contribution >= 0.6 is 43.5 Å². The fourth-order valence-corrected chi connectivity index (χ4v) is 3.17. The molecule has 0 unspecified atom stereocenters. The van der Waals surface area contributed by atoms with Crippen molar-refractivity contribution < 1.29 is 0 Å². The zero-order valence-corrected chi connectivity index (χ0v) is 14.5. The minimum atomic E-state index is 0.523. The molecular weight excluding hydrogens is 389 g/mol. The van der Waals surface area contributed by atoms with Gasteiger partial charge in [0, 0.05) is 34.1 Å². The van der Waals surface area contributed by atoms with Crippen molar-refractivity contribution in [3.63, 3.8) is 0 Å². The van der Waals surface area contributed by atoms with Crippen molar-refractivity contribution in [3.05, 3.63) is 62.5 Å². The molecule has 0 saturated heterocycles. The third kappa shape index (κ3) is 3.74. The first kappa shape index (κ1) is 14.9. The zero-order valence-electron chi connectivity index (χ0n) is 10.5. The quantitative estimate of drug-likeness (QED) is 0.602. The van der Waals surface area contributed by atoms with Crippen LogP contribution in [0.3, 0.4) is 0 Å². The summed E-state index contributed by atoms with van der Waals surface area (Å²) in [4.78, 5) is 2.21. The van der Waals surface area contributed by atoms with Crippen LogP contribution in [0.15, 0.2) is 51.4 Å². The number of nitrogens with zero attached hydrogens (tertiary/aromatic N) is 1. The molecule has 0 fully saturated rings. The Kier molecular flexibility index (Phi) is 5.31. The Morgan fingerprint density at radius 1 is 1.00 bits per heavy atom. The van der Waals surface area contributed by atoms with Gasteiger partial charge in [0.05, 0.1) is 0 Å². The fraction of sp³-hybridized carbons (Fsp3) is 0.200. The number of rotatable bonds is 4. The Bertz CT molecular complexity index is 572. The van der Waals surface area contributed by atoms with Gasteiger partial charge in [-0.1, -0.05) is 56.1 Å². The molecule has 2 aromatic rings. The second kappa shape index (κ2) is 6.78. The maximum atomic E-state index is 5.86. The van der Waals surface area contributed by atoms with E-state index < -0.39 is 0 Å². The van der Waals surface area contributed by atoms with E-state index in [9.17, 15) is 0 Å². The predicted molar refractivity (Wildman–Crippen MR) is 89.9 cm³/mol. The van der Waals surface area contributed by atoms with Gasteiger partial charge < -0.3 is 4.90 Å². The number of hydrogen-bond donors (Lipinski definition) is 0. The largest absolute Gasteiger partial charge is 0.370 e. The maximum absolute atomic E-state index is 5.86. The van der Waals surface area contributed by atoms with Crippen molar-refractivity contribution in [1.82, 2.24) is 0 Å². The monoisotopic (exact) mass is 401 g/mol. The molecule has 100 valence electrons. The van der Waals surface area contributed by atoms with Gasteiger partial charge in [-0.3, -0.25) is 0 Å². The maximum Gasteiger partial charge on any atom is 0.0485 e. The highest BCUT2D eigenvalue weighted by molar-refractivity contribution is 9.10. The van der Waals surface area contributed by atoms with Gasteiger partial charge in [-0.05, 0) is 29.3 Å². The van der Waals surface area contributed by atoms with Crippen LogP contribution in [0.2, 0.25) is 0 Å². The second-order valence-corrected chi connectivity index (χ2v) is 6.33. The molecule has 4 heteroatoms. The molecule has 0 amide bonds. The first-order valence-electron chi connectivity index (χ1n) is 5.90. The Morgan fingerprint density at radius 3 is 2.37 bits per heavy atom. The molecule has 0 heterocycles. The van der Waals surface area contributed by atoms with Crippen molar-refractivity contribution in [3.8, 4) is 0 Å². The summed E-state index contributed by atoms with van der Waals surface area (Å²) in [5.41, 5.74) is 3.54. The predicted octanol–water partition coefficient (Wildman–Crippen LogP) is 5.59. The number of benzene rings is 2. The van der Waals surface area contributed by atoms with E-state index in [0.29, 0.717) is 5.88 Å². The minimum absolute atomic E-state index is 0.523. The summed E-state index contributed by atoms with van der Waals surface area (Å²) in [6, 6.07) is 14.5. The molecule has 0 radical (unpaired) electrons. The number of alkyl halides is 1. The van der Waals surface area contributed by atoms with E-state index in [1.807, 2.05) is 6.07 Å². The summed E-state index contributed by atoms with van der Waals surface area (Å²) >= 11 is 13.0. The van der Waals surface area contributed by atoms with Crippen LogP contribution in [0.4, 0.5) is 5.69 Å². The molecule has 0 aliphatic heterocycles. The van der Waals surface area contributed by atoms with Crippen LogP contribution in [0, 0.1) is 0 Å². The molecule has 19 heavy (non-hydrogen) atoms. The highest BCUT2D eigenvalue weighted by Crippen LogP contribution is 2.26. The van der Waals surface area contributed by atoms with Gasteiger partial charge in [-0.25, -0.2) is 0 Å². The molecular formula is C15H14Br2ClN. The summed E-state index contributed by atoms with van der Waals surface area (Å²) in [6.07, 6.45) is 0. The van der Waals surface area contributed by atoms with E-state index in [4.69, 9.17) is 11.6 Å². The van der Waals surface area contributed by atoms with Gasteiger partial charge in [-0.2, -0.15) is 0 Å². The summed E-state index contributed by atoms with van der Waals surface area (Å²) < 4.78 is 2.19. The average molecular weight is 404 g/mol. The molecule has 1 nitrogen and oxygen atoms in total. The first-order valence-corrected chi connectivity index (χ1v) is 8.03. The third-order valence-electron chi connectivity index (χ3n) is 2.99. The van der Waals surface area contributed by atoms with Crippen LogP contribution in [0.1, 0.15) is 11.1 Å². The minimum Gasteiger partial charge on any atom is -0.370 e. The van der Waals surface area contributed by atoms with E-state index in [1.165, 1.54) is 5.56 Å². The van der Waals surface area contributed by atoms with Crippen LogP contribution in [-0.2, 0) is 12.4 Å². The van der Waals surface area contributed by atoms with E-state index in [1.54, 1.807) is 0 Å². The smallest absolute Gasteiger partial charge is 0.0485 e. The lowest BCUT2D eigenvalue weighted by atomic mass is 10.2. The third-order valence-corrected chi connectivity index (χ3v) is 4.79.